The van der Waals surface area contributed by atoms with Crippen LogP contribution in [0, 0.1) is 5.92 Å². The number of phenolic OH excluding ortho intramolecular Hbond substituents is 1. The Morgan fingerprint density at radius 2 is 1.31 bits per heavy atom. The van der Waals surface area contributed by atoms with Gasteiger partial charge in [-0.2, -0.15) is 0 Å². The maximum Gasteiger partial charge on any atom is 0.243 e. The summed E-state index contributed by atoms with van der Waals surface area (Å²) >= 11 is 0. The first-order valence-corrected chi connectivity index (χ1v) is 13.3. The number of amides is 3. The van der Waals surface area contributed by atoms with E-state index in [2.05, 4.69) is 16.0 Å². The second-order valence-electron chi connectivity index (χ2n) is 9.80. The van der Waals surface area contributed by atoms with Crippen molar-refractivity contribution in [1.82, 2.24) is 16.0 Å². The predicted molar refractivity (Wildman–Crippen MR) is 152 cm³/mol. The lowest BCUT2D eigenvalue weighted by Gasteiger charge is -2.27. The first kappa shape index (κ1) is 29.4. The summed E-state index contributed by atoms with van der Waals surface area (Å²) in [4.78, 5) is 39.7. The van der Waals surface area contributed by atoms with Crippen LogP contribution in [-0.2, 0) is 33.8 Å². The van der Waals surface area contributed by atoms with Crippen LogP contribution < -0.4 is 21.7 Å². The number of hydrogen-bond donors (Lipinski definition) is 5. The highest BCUT2D eigenvalue weighted by molar-refractivity contribution is 5.93. The van der Waals surface area contributed by atoms with Crippen LogP contribution in [-0.4, -0.2) is 41.0 Å². The first-order chi connectivity index (χ1) is 18.8. The van der Waals surface area contributed by atoms with E-state index in [1.807, 2.05) is 74.5 Å². The van der Waals surface area contributed by atoms with E-state index in [0.717, 1.165) is 16.7 Å². The zero-order valence-electron chi connectivity index (χ0n) is 22.5. The largest absolute Gasteiger partial charge is 0.508 e. The lowest BCUT2D eigenvalue weighted by Crippen LogP contribution is -2.58. The molecule has 0 aromatic heterocycles. The molecule has 3 aromatic rings. The van der Waals surface area contributed by atoms with Crippen molar-refractivity contribution in [2.45, 2.75) is 57.8 Å². The van der Waals surface area contributed by atoms with E-state index in [9.17, 15) is 19.5 Å². The van der Waals surface area contributed by atoms with Crippen molar-refractivity contribution < 1.29 is 19.5 Å². The molecule has 0 radical (unpaired) electrons. The minimum Gasteiger partial charge on any atom is -0.508 e. The van der Waals surface area contributed by atoms with Crippen molar-refractivity contribution in [1.29, 1.82) is 0 Å². The van der Waals surface area contributed by atoms with Gasteiger partial charge in [-0.1, -0.05) is 93.1 Å². The summed E-state index contributed by atoms with van der Waals surface area (Å²) in [5, 5.41) is 18.2. The van der Waals surface area contributed by atoms with Gasteiger partial charge in [0.25, 0.3) is 0 Å². The number of hydrogen-bond acceptors (Lipinski definition) is 5. The highest BCUT2D eigenvalue weighted by atomic mass is 16.3. The molecule has 4 atom stereocenters. The molecule has 0 heterocycles. The Morgan fingerprint density at radius 3 is 1.90 bits per heavy atom. The van der Waals surface area contributed by atoms with E-state index in [1.165, 1.54) is 12.1 Å². The third kappa shape index (κ3) is 9.26. The van der Waals surface area contributed by atoms with E-state index in [4.69, 9.17) is 5.73 Å². The Morgan fingerprint density at radius 1 is 0.744 bits per heavy atom. The minimum absolute atomic E-state index is 0.0978. The molecule has 0 saturated heterocycles. The highest BCUT2D eigenvalue weighted by Gasteiger charge is 2.30. The summed E-state index contributed by atoms with van der Waals surface area (Å²) < 4.78 is 0. The normalized spacial score (nSPS) is 13.9. The van der Waals surface area contributed by atoms with Crippen molar-refractivity contribution in [2.75, 3.05) is 0 Å². The van der Waals surface area contributed by atoms with Crippen LogP contribution >= 0.6 is 0 Å². The molecule has 0 bridgehead atoms. The van der Waals surface area contributed by atoms with Gasteiger partial charge in [0.05, 0.1) is 6.04 Å². The summed E-state index contributed by atoms with van der Waals surface area (Å²) in [6.07, 6.45) is 1.15. The minimum atomic E-state index is -0.975. The summed E-state index contributed by atoms with van der Waals surface area (Å²) in [6.45, 7) is 4.19. The van der Waals surface area contributed by atoms with E-state index < -0.39 is 29.9 Å². The second-order valence-corrected chi connectivity index (χ2v) is 9.80. The maximum absolute atomic E-state index is 13.5. The maximum atomic E-state index is 13.5. The Bertz CT molecular complexity index is 1200. The number of phenols is 1. The van der Waals surface area contributed by atoms with Gasteiger partial charge in [0.15, 0.2) is 0 Å². The Kier molecular flexibility index (Phi) is 11.1. The number of benzene rings is 3. The molecule has 206 valence electrons. The SMILES string of the molecule is CC[C@H](C)[C@H](NC(=O)[C@H](Cc1ccc(O)cc1)NC(=O)[C@@H](N)Cc1ccccc1)C(=O)NCc1ccccc1. The van der Waals surface area contributed by atoms with Gasteiger partial charge in [-0.15, -0.1) is 0 Å². The van der Waals surface area contributed by atoms with Crippen LogP contribution in [0.3, 0.4) is 0 Å². The average Bonchev–Trinajstić information content (AvgIpc) is 2.95. The molecule has 3 rings (SSSR count). The van der Waals surface area contributed by atoms with E-state index in [-0.39, 0.29) is 24.0 Å². The molecular formula is C31H38N4O4. The van der Waals surface area contributed by atoms with Crippen LogP contribution in [0.5, 0.6) is 5.75 Å². The van der Waals surface area contributed by atoms with Crippen molar-refractivity contribution in [3.63, 3.8) is 0 Å². The molecule has 3 aromatic carbocycles. The molecule has 6 N–H and O–H groups in total. The molecule has 0 aliphatic carbocycles. The predicted octanol–water partition coefficient (Wildman–Crippen LogP) is 2.84. The Hall–Kier alpha value is -4.17. The van der Waals surface area contributed by atoms with Crippen LogP contribution in [0.4, 0.5) is 0 Å². The number of rotatable bonds is 13. The fraction of sp³-hybridized carbons (Fsp3) is 0.323. The highest BCUT2D eigenvalue weighted by Crippen LogP contribution is 2.14. The molecule has 3 amide bonds. The molecule has 8 nitrogen and oxygen atoms in total. The molecule has 0 saturated carbocycles. The van der Waals surface area contributed by atoms with Gasteiger partial charge in [0.1, 0.15) is 17.8 Å². The van der Waals surface area contributed by atoms with E-state index >= 15 is 0 Å². The molecule has 0 fully saturated rings. The third-order valence-electron chi connectivity index (χ3n) is 6.75. The van der Waals surface area contributed by atoms with Crippen molar-refractivity contribution in [3.05, 3.63) is 102 Å². The van der Waals surface area contributed by atoms with Gasteiger partial charge in [-0.3, -0.25) is 14.4 Å². The quantitative estimate of drug-likeness (QED) is 0.232. The van der Waals surface area contributed by atoms with Gasteiger partial charge >= 0.3 is 0 Å². The van der Waals surface area contributed by atoms with Crippen molar-refractivity contribution in [2.24, 2.45) is 11.7 Å². The smallest absolute Gasteiger partial charge is 0.243 e. The fourth-order valence-corrected chi connectivity index (χ4v) is 4.17. The number of carbonyl (C=O) groups is 3. The summed E-state index contributed by atoms with van der Waals surface area (Å²) in [6, 6.07) is 22.7. The number of carbonyl (C=O) groups excluding carboxylic acids is 3. The van der Waals surface area contributed by atoms with Gasteiger partial charge in [-0.05, 0) is 41.2 Å². The lowest BCUT2D eigenvalue weighted by molar-refractivity contribution is -0.133. The van der Waals surface area contributed by atoms with E-state index in [0.29, 0.717) is 19.4 Å². The second kappa shape index (κ2) is 14.7. The summed E-state index contributed by atoms with van der Waals surface area (Å²) in [7, 11) is 0. The molecule has 39 heavy (non-hydrogen) atoms. The van der Waals surface area contributed by atoms with E-state index in [1.54, 1.807) is 12.1 Å². The monoisotopic (exact) mass is 530 g/mol. The molecular weight excluding hydrogens is 492 g/mol. The van der Waals surface area contributed by atoms with Gasteiger partial charge in [0, 0.05) is 13.0 Å². The molecule has 0 spiro atoms. The molecule has 0 unspecified atom stereocenters. The van der Waals surface area contributed by atoms with Crippen molar-refractivity contribution in [3.8, 4) is 5.75 Å². The van der Waals surface area contributed by atoms with Gasteiger partial charge < -0.3 is 26.8 Å². The standard InChI is InChI=1S/C31H38N4O4/c1-3-21(2)28(31(39)33-20-24-12-8-5-9-13-24)35-30(38)27(19-23-14-16-25(36)17-15-23)34-29(37)26(32)18-22-10-6-4-7-11-22/h4-17,21,26-28,36H,3,18-20,32H2,1-2H3,(H,33,39)(H,34,37)(H,35,38)/t21-,26-,27-,28-/m0/s1. The first-order valence-electron chi connectivity index (χ1n) is 13.3. The number of nitrogens with two attached hydrogens (primary N) is 1. The van der Waals surface area contributed by atoms with Crippen LogP contribution in [0.25, 0.3) is 0 Å². The number of nitrogens with one attached hydrogen (secondary N) is 3. The zero-order valence-corrected chi connectivity index (χ0v) is 22.5. The zero-order chi connectivity index (χ0) is 28.2. The summed E-state index contributed by atoms with van der Waals surface area (Å²) in [5.74, 6) is -1.29. The van der Waals surface area contributed by atoms with Crippen LogP contribution in [0.15, 0.2) is 84.9 Å². The topological polar surface area (TPSA) is 134 Å². The van der Waals surface area contributed by atoms with Crippen LogP contribution in [0.1, 0.15) is 37.0 Å². The molecule has 0 aliphatic heterocycles. The summed E-state index contributed by atoms with van der Waals surface area (Å²) in [5.41, 5.74) is 8.78. The van der Waals surface area contributed by atoms with Gasteiger partial charge in [0.2, 0.25) is 17.7 Å². The lowest BCUT2D eigenvalue weighted by atomic mass is 9.96. The Balaban J connectivity index is 1.74. The van der Waals surface area contributed by atoms with Gasteiger partial charge in [-0.25, -0.2) is 0 Å². The molecule has 8 heteroatoms. The Labute approximate surface area is 230 Å². The third-order valence-corrected chi connectivity index (χ3v) is 6.75. The number of aromatic hydroxyl groups is 1. The van der Waals surface area contributed by atoms with Crippen LogP contribution in [0.2, 0.25) is 0 Å². The average molecular weight is 531 g/mol. The molecule has 0 aliphatic rings. The fourth-order valence-electron chi connectivity index (χ4n) is 4.17. The van der Waals surface area contributed by atoms with Crippen molar-refractivity contribution >= 4 is 17.7 Å².